The van der Waals surface area contributed by atoms with E-state index >= 15 is 0 Å². The summed E-state index contributed by atoms with van der Waals surface area (Å²) in [7, 11) is 1.54. The average molecular weight is 261 g/mol. The van der Waals surface area contributed by atoms with Crippen molar-refractivity contribution in [2.75, 3.05) is 12.8 Å². The summed E-state index contributed by atoms with van der Waals surface area (Å²) in [6.45, 7) is 3.98. The first-order valence-electron chi connectivity index (χ1n) is 5.99. The summed E-state index contributed by atoms with van der Waals surface area (Å²) in [6.07, 6.45) is 1.38. The van der Waals surface area contributed by atoms with Gasteiger partial charge in [0.05, 0.1) is 12.8 Å². The predicted octanol–water partition coefficient (Wildman–Crippen LogP) is 3.00. The number of benzene rings is 1. The first kappa shape index (κ1) is 13.3. The van der Waals surface area contributed by atoms with E-state index in [9.17, 15) is 4.39 Å². The fourth-order valence-electron chi connectivity index (χ4n) is 2.06. The lowest BCUT2D eigenvalue weighted by Crippen LogP contribution is -2.05. The maximum atomic E-state index is 13.5. The molecule has 0 saturated heterocycles. The minimum absolute atomic E-state index is 0.129. The Morgan fingerprint density at radius 3 is 2.63 bits per heavy atom. The fourth-order valence-corrected chi connectivity index (χ4v) is 2.06. The molecule has 2 aromatic rings. The van der Waals surface area contributed by atoms with Gasteiger partial charge >= 0.3 is 0 Å². The normalized spacial score (nSPS) is 10.8. The monoisotopic (exact) mass is 261 g/mol. The van der Waals surface area contributed by atoms with Gasteiger partial charge in [-0.3, -0.25) is 0 Å². The molecule has 0 aliphatic rings. The molecule has 2 rings (SSSR count). The van der Waals surface area contributed by atoms with E-state index in [-0.39, 0.29) is 11.7 Å². The number of hydrogen-bond donors (Lipinski definition) is 1. The molecule has 5 heteroatoms. The van der Waals surface area contributed by atoms with Gasteiger partial charge in [-0.15, -0.1) is 0 Å². The fraction of sp³-hybridized carbons (Fsp3) is 0.286. The first-order chi connectivity index (χ1) is 9.04. The molecule has 0 fully saturated rings. The highest BCUT2D eigenvalue weighted by molar-refractivity contribution is 5.73. The number of ether oxygens (including phenoxy) is 1. The summed E-state index contributed by atoms with van der Waals surface area (Å²) >= 11 is 0. The standard InChI is InChI=1S/C14H16FN3O/c1-8(2)12-13(17-7-18-14(12)16)10-6-9(15)4-5-11(10)19-3/h4-8H,1-3H3,(H2,16,17,18). The van der Waals surface area contributed by atoms with Gasteiger partial charge in [0, 0.05) is 11.1 Å². The second-order valence-corrected chi connectivity index (χ2v) is 4.52. The lowest BCUT2D eigenvalue weighted by atomic mass is 9.97. The minimum Gasteiger partial charge on any atom is -0.496 e. The Labute approximate surface area is 111 Å². The van der Waals surface area contributed by atoms with Crippen molar-refractivity contribution < 1.29 is 9.13 Å². The van der Waals surface area contributed by atoms with E-state index in [1.165, 1.54) is 25.6 Å². The molecule has 0 aliphatic carbocycles. The highest BCUT2D eigenvalue weighted by atomic mass is 19.1. The molecule has 1 aromatic carbocycles. The van der Waals surface area contributed by atoms with Gasteiger partial charge in [0.15, 0.2) is 0 Å². The Bertz CT molecular complexity index is 599. The Balaban J connectivity index is 2.71. The van der Waals surface area contributed by atoms with Gasteiger partial charge in [0.1, 0.15) is 23.7 Å². The van der Waals surface area contributed by atoms with E-state index in [4.69, 9.17) is 10.5 Å². The molecular weight excluding hydrogens is 245 g/mol. The van der Waals surface area contributed by atoms with E-state index in [0.29, 0.717) is 22.8 Å². The molecule has 19 heavy (non-hydrogen) atoms. The third-order valence-corrected chi connectivity index (χ3v) is 2.91. The maximum Gasteiger partial charge on any atom is 0.130 e. The minimum atomic E-state index is -0.345. The number of methoxy groups -OCH3 is 1. The molecule has 1 heterocycles. The molecular formula is C14H16FN3O. The van der Waals surface area contributed by atoms with Gasteiger partial charge in [0.2, 0.25) is 0 Å². The van der Waals surface area contributed by atoms with Crippen LogP contribution in [0.5, 0.6) is 5.75 Å². The second-order valence-electron chi connectivity index (χ2n) is 4.52. The quantitative estimate of drug-likeness (QED) is 0.922. The van der Waals surface area contributed by atoms with Crippen LogP contribution in [0.15, 0.2) is 24.5 Å². The van der Waals surface area contributed by atoms with Crippen LogP contribution in [0.25, 0.3) is 11.3 Å². The molecule has 0 unspecified atom stereocenters. The summed E-state index contributed by atoms with van der Waals surface area (Å²) in [5.74, 6) is 0.750. The zero-order valence-electron chi connectivity index (χ0n) is 11.1. The Morgan fingerprint density at radius 1 is 1.26 bits per heavy atom. The molecule has 1 aromatic heterocycles. The van der Waals surface area contributed by atoms with Crippen molar-refractivity contribution in [2.45, 2.75) is 19.8 Å². The zero-order valence-corrected chi connectivity index (χ0v) is 11.1. The number of nitrogen functional groups attached to an aromatic ring is 1. The molecule has 0 aliphatic heterocycles. The van der Waals surface area contributed by atoms with Crippen molar-refractivity contribution in [3.05, 3.63) is 35.9 Å². The van der Waals surface area contributed by atoms with E-state index in [1.54, 1.807) is 6.07 Å². The zero-order chi connectivity index (χ0) is 14.0. The second kappa shape index (κ2) is 5.22. The number of nitrogens with two attached hydrogens (primary N) is 1. The van der Waals surface area contributed by atoms with Crippen LogP contribution in [0.4, 0.5) is 10.2 Å². The number of aromatic nitrogens is 2. The molecule has 2 N–H and O–H groups in total. The Morgan fingerprint density at radius 2 is 2.00 bits per heavy atom. The summed E-state index contributed by atoms with van der Waals surface area (Å²) in [5, 5.41) is 0. The SMILES string of the molecule is COc1ccc(F)cc1-c1ncnc(N)c1C(C)C. The summed E-state index contributed by atoms with van der Waals surface area (Å²) in [6, 6.07) is 4.32. The molecule has 0 amide bonds. The summed E-state index contributed by atoms with van der Waals surface area (Å²) in [5.41, 5.74) is 7.89. The summed E-state index contributed by atoms with van der Waals surface area (Å²) < 4.78 is 18.7. The number of halogens is 1. The maximum absolute atomic E-state index is 13.5. The van der Waals surface area contributed by atoms with E-state index in [1.807, 2.05) is 13.8 Å². The number of anilines is 1. The molecule has 4 nitrogen and oxygen atoms in total. The molecule has 0 bridgehead atoms. The molecule has 0 saturated carbocycles. The number of hydrogen-bond acceptors (Lipinski definition) is 4. The van der Waals surface area contributed by atoms with E-state index < -0.39 is 0 Å². The van der Waals surface area contributed by atoms with Crippen molar-refractivity contribution >= 4 is 5.82 Å². The van der Waals surface area contributed by atoms with Gasteiger partial charge in [-0.2, -0.15) is 0 Å². The lowest BCUT2D eigenvalue weighted by Gasteiger charge is -2.15. The number of rotatable bonds is 3. The smallest absolute Gasteiger partial charge is 0.130 e. The highest BCUT2D eigenvalue weighted by Crippen LogP contribution is 2.35. The average Bonchev–Trinajstić information content (AvgIpc) is 2.37. The van der Waals surface area contributed by atoms with Gasteiger partial charge < -0.3 is 10.5 Å². The Kier molecular flexibility index (Phi) is 3.64. The van der Waals surface area contributed by atoms with Gasteiger partial charge in [0.25, 0.3) is 0 Å². The van der Waals surface area contributed by atoms with Gasteiger partial charge in [-0.05, 0) is 24.1 Å². The van der Waals surface area contributed by atoms with Crippen molar-refractivity contribution in [3.63, 3.8) is 0 Å². The predicted molar refractivity (Wildman–Crippen MR) is 72.5 cm³/mol. The number of nitrogens with zero attached hydrogens (tertiary/aromatic N) is 2. The molecule has 0 radical (unpaired) electrons. The van der Waals surface area contributed by atoms with E-state index in [2.05, 4.69) is 9.97 Å². The van der Waals surface area contributed by atoms with Gasteiger partial charge in [-0.25, -0.2) is 14.4 Å². The van der Waals surface area contributed by atoms with Crippen LogP contribution in [0.3, 0.4) is 0 Å². The van der Waals surface area contributed by atoms with E-state index in [0.717, 1.165) is 5.56 Å². The van der Waals surface area contributed by atoms with Crippen molar-refractivity contribution in [1.29, 1.82) is 0 Å². The summed E-state index contributed by atoms with van der Waals surface area (Å²) in [4.78, 5) is 8.24. The molecule has 0 spiro atoms. The van der Waals surface area contributed by atoms with Crippen molar-refractivity contribution in [1.82, 2.24) is 9.97 Å². The van der Waals surface area contributed by atoms with Crippen LogP contribution in [-0.4, -0.2) is 17.1 Å². The van der Waals surface area contributed by atoms with Crippen LogP contribution in [-0.2, 0) is 0 Å². The highest BCUT2D eigenvalue weighted by Gasteiger charge is 2.18. The van der Waals surface area contributed by atoms with Crippen molar-refractivity contribution in [3.8, 4) is 17.0 Å². The van der Waals surface area contributed by atoms with Crippen molar-refractivity contribution in [2.24, 2.45) is 0 Å². The first-order valence-corrected chi connectivity index (χ1v) is 5.99. The third-order valence-electron chi connectivity index (χ3n) is 2.91. The molecule has 0 atom stereocenters. The lowest BCUT2D eigenvalue weighted by molar-refractivity contribution is 0.415. The van der Waals surface area contributed by atoms with Crippen LogP contribution in [0.1, 0.15) is 25.3 Å². The van der Waals surface area contributed by atoms with Crippen LogP contribution in [0, 0.1) is 5.82 Å². The molecule has 100 valence electrons. The third kappa shape index (κ3) is 2.50. The van der Waals surface area contributed by atoms with Crippen LogP contribution < -0.4 is 10.5 Å². The Hall–Kier alpha value is -2.17. The largest absolute Gasteiger partial charge is 0.496 e. The van der Waals surface area contributed by atoms with Crippen LogP contribution >= 0.6 is 0 Å². The van der Waals surface area contributed by atoms with Crippen LogP contribution in [0.2, 0.25) is 0 Å². The topological polar surface area (TPSA) is 61.0 Å². The van der Waals surface area contributed by atoms with Gasteiger partial charge in [-0.1, -0.05) is 13.8 Å².